The summed E-state index contributed by atoms with van der Waals surface area (Å²) in [7, 11) is 5.75. The summed E-state index contributed by atoms with van der Waals surface area (Å²) >= 11 is 0. The number of rotatable bonds is 9. The maximum Gasteiger partial charge on any atom is 0.162 e. The largest absolute Gasteiger partial charge is 0.493 e. The second-order valence-electron chi connectivity index (χ2n) is 7.90. The number of hydrogen-bond donors (Lipinski definition) is 1. The third-order valence-electron chi connectivity index (χ3n) is 5.57. The van der Waals surface area contributed by atoms with Gasteiger partial charge in [0.05, 0.1) is 19.4 Å². The summed E-state index contributed by atoms with van der Waals surface area (Å²) in [5.41, 5.74) is 4.62. The van der Waals surface area contributed by atoms with E-state index in [-0.39, 0.29) is 0 Å². The Morgan fingerprint density at radius 3 is 2.79 bits per heavy atom. The van der Waals surface area contributed by atoms with Crippen LogP contribution in [0.2, 0.25) is 0 Å². The van der Waals surface area contributed by atoms with Crippen molar-refractivity contribution in [1.82, 2.24) is 14.9 Å². The molecule has 0 atom stereocenters. The molecule has 2 aromatic rings. The van der Waals surface area contributed by atoms with Crippen LogP contribution in [0.15, 0.2) is 30.4 Å². The van der Waals surface area contributed by atoms with E-state index in [0.29, 0.717) is 24.0 Å². The highest BCUT2D eigenvalue weighted by Crippen LogP contribution is 2.38. The highest BCUT2D eigenvalue weighted by atomic mass is 16.5. The van der Waals surface area contributed by atoms with E-state index in [9.17, 15) is 0 Å². The molecule has 2 heterocycles. The van der Waals surface area contributed by atoms with Gasteiger partial charge in [-0.1, -0.05) is 19.4 Å². The minimum Gasteiger partial charge on any atom is -0.493 e. The lowest BCUT2D eigenvalue weighted by Gasteiger charge is -2.14. The number of ether oxygens (including phenoxy) is 2. The van der Waals surface area contributed by atoms with Crippen LogP contribution in [0.25, 0.3) is 17.0 Å². The molecule has 1 saturated carbocycles. The highest BCUT2D eigenvalue weighted by molar-refractivity contribution is 5.89. The first-order chi connectivity index (χ1) is 13.5. The van der Waals surface area contributed by atoms with E-state index in [1.165, 1.54) is 42.3 Å². The Bertz CT molecular complexity index is 845. The molecule has 0 amide bonds. The molecule has 1 aliphatic carbocycles. The van der Waals surface area contributed by atoms with Gasteiger partial charge in [-0.25, -0.2) is 0 Å². The molecule has 5 nitrogen and oxygen atoms in total. The standard InChI is InChI=1S/C23H33N3O2/c1-16-20(15-21(17(2)27-5)28-14-8-13-26(3)4)25-19-11-12-24-23(22(16)19)18-9-6-7-10-18/h11-12,15,18,25H,2,6-10,13-14H2,1,3-5H3/b21-15+. The number of H-pyrrole nitrogens is 1. The van der Waals surface area contributed by atoms with Crippen molar-refractivity contribution in [3.05, 3.63) is 47.3 Å². The summed E-state index contributed by atoms with van der Waals surface area (Å²) in [6, 6.07) is 2.06. The van der Waals surface area contributed by atoms with Crippen LogP contribution in [0, 0.1) is 6.92 Å². The lowest BCUT2D eigenvalue weighted by atomic mass is 9.98. The van der Waals surface area contributed by atoms with Crippen LogP contribution in [0.3, 0.4) is 0 Å². The lowest BCUT2D eigenvalue weighted by Crippen LogP contribution is -2.15. The normalized spacial score (nSPS) is 15.5. The average molecular weight is 384 g/mol. The molecular formula is C23H33N3O2. The number of aryl methyl sites for hydroxylation is 1. The Labute approximate surface area is 168 Å². The van der Waals surface area contributed by atoms with Crippen molar-refractivity contribution in [2.45, 2.75) is 44.9 Å². The van der Waals surface area contributed by atoms with Gasteiger partial charge in [-0.15, -0.1) is 0 Å². The quantitative estimate of drug-likeness (QED) is 0.376. The summed E-state index contributed by atoms with van der Waals surface area (Å²) in [4.78, 5) is 10.4. The molecule has 0 aliphatic heterocycles. The van der Waals surface area contributed by atoms with Crippen LogP contribution in [-0.2, 0) is 9.47 Å². The molecule has 0 aromatic carbocycles. The van der Waals surface area contributed by atoms with Gasteiger partial charge in [-0.2, -0.15) is 0 Å². The zero-order valence-electron chi connectivity index (χ0n) is 17.7. The van der Waals surface area contributed by atoms with Gasteiger partial charge >= 0.3 is 0 Å². The first kappa shape index (κ1) is 20.5. The van der Waals surface area contributed by atoms with E-state index in [2.05, 4.69) is 43.5 Å². The van der Waals surface area contributed by atoms with Crippen molar-refractivity contribution in [2.24, 2.45) is 0 Å². The molecule has 0 saturated heterocycles. The molecule has 3 rings (SSSR count). The fourth-order valence-electron chi connectivity index (χ4n) is 4.00. The highest BCUT2D eigenvalue weighted by Gasteiger charge is 2.23. The number of nitrogens with one attached hydrogen (secondary N) is 1. The Balaban J connectivity index is 1.90. The van der Waals surface area contributed by atoms with Gasteiger partial charge in [0.25, 0.3) is 0 Å². The maximum absolute atomic E-state index is 6.00. The molecule has 2 aromatic heterocycles. The number of fused-ring (bicyclic) bond motifs is 1. The molecule has 152 valence electrons. The van der Waals surface area contributed by atoms with Crippen molar-refractivity contribution in [3.8, 4) is 0 Å². The fraction of sp³-hybridized carbons (Fsp3) is 0.522. The predicted molar refractivity (Wildman–Crippen MR) is 115 cm³/mol. The Morgan fingerprint density at radius 1 is 1.36 bits per heavy atom. The van der Waals surface area contributed by atoms with Gasteiger partial charge in [-0.3, -0.25) is 4.98 Å². The lowest BCUT2D eigenvalue weighted by molar-refractivity contribution is 0.170. The maximum atomic E-state index is 6.00. The molecular weight excluding hydrogens is 350 g/mol. The van der Waals surface area contributed by atoms with Crippen LogP contribution in [0.1, 0.15) is 55.0 Å². The molecule has 1 N–H and O–H groups in total. The van der Waals surface area contributed by atoms with Crippen LogP contribution < -0.4 is 0 Å². The number of aromatic nitrogens is 2. The summed E-state index contributed by atoms with van der Waals surface area (Å²) in [5, 5.41) is 1.26. The number of pyridine rings is 1. The first-order valence-corrected chi connectivity index (χ1v) is 10.2. The van der Waals surface area contributed by atoms with E-state index in [1.807, 2.05) is 12.3 Å². The molecule has 0 unspecified atom stereocenters. The van der Waals surface area contributed by atoms with Gasteiger partial charge in [-0.05, 0) is 51.9 Å². The molecule has 1 aliphatic rings. The van der Waals surface area contributed by atoms with Crippen molar-refractivity contribution in [1.29, 1.82) is 0 Å². The Hall–Kier alpha value is -2.27. The van der Waals surface area contributed by atoms with Gasteiger partial charge in [0, 0.05) is 41.3 Å². The van der Waals surface area contributed by atoms with Gasteiger partial charge in [0.1, 0.15) is 0 Å². The number of aromatic amines is 1. The van der Waals surface area contributed by atoms with E-state index < -0.39 is 0 Å². The summed E-state index contributed by atoms with van der Waals surface area (Å²) in [6.07, 6.45) is 9.96. The van der Waals surface area contributed by atoms with Gasteiger partial charge < -0.3 is 19.4 Å². The van der Waals surface area contributed by atoms with Gasteiger partial charge in [0.2, 0.25) is 0 Å². The molecule has 0 bridgehead atoms. The second kappa shape index (κ2) is 9.28. The van der Waals surface area contributed by atoms with Crippen molar-refractivity contribution in [3.63, 3.8) is 0 Å². The molecule has 0 radical (unpaired) electrons. The zero-order valence-corrected chi connectivity index (χ0v) is 17.7. The summed E-state index contributed by atoms with van der Waals surface area (Å²) < 4.78 is 11.4. The van der Waals surface area contributed by atoms with Crippen molar-refractivity contribution < 1.29 is 9.47 Å². The molecule has 5 heteroatoms. The van der Waals surface area contributed by atoms with E-state index >= 15 is 0 Å². The minimum atomic E-state index is 0.539. The Kier molecular flexibility index (Phi) is 6.79. The third kappa shape index (κ3) is 4.58. The van der Waals surface area contributed by atoms with E-state index in [1.54, 1.807) is 7.11 Å². The van der Waals surface area contributed by atoms with E-state index in [0.717, 1.165) is 24.2 Å². The Morgan fingerprint density at radius 2 is 2.11 bits per heavy atom. The number of hydrogen-bond acceptors (Lipinski definition) is 4. The molecule has 1 fully saturated rings. The third-order valence-corrected chi connectivity index (χ3v) is 5.57. The first-order valence-electron chi connectivity index (χ1n) is 10.2. The van der Waals surface area contributed by atoms with Crippen LogP contribution >= 0.6 is 0 Å². The molecule has 0 spiro atoms. The van der Waals surface area contributed by atoms with Gasteiger partial charge in [0.15, 0.2) is 11.5 Å². The van der Waals surface area contributed by atoms with Crippen LogP contribution in [0.5, 0.6) is 0 Å². The molecule has 28 heavy (non-hydrogen) atoms. The van der Waals surface area contributed by atoms with Crippen molar-refractivity contribution in [2.75, 3.05) is 34.4 Å². The SMILES string of the molecule is C=C(OC)/C(=C\c1[nH]c2ccnc(C3CCCC3)c2c1C)OCCCN(C)C. The topological polar surface area (TPSA) is 50.4 Å². The second-order valence-corrected chi connectivity index (χ2v) is 7.90. The zero-order chi connectivity index (χ0) is 20.1. The monoisotopic (exact) mass is 383 g/mol. The summed E-state index contributed by atoms with van der Waals surface area (Å²) in [6.45, 7) is 7.76. The van der Waals surface area contributed by atoms with Crippen molar-refractivity contribution >= 4 is 17.0 Å². The number of nitrogens with zero attached hydrogens (tertiary/aromatic N) is 2. The van der Waals surface area contributed by atoms with Crippen LogP contribution in [0.4, 0.5) is 0 Å². The van der Waals surface area contributed by atoms with Crippen LogP contribution in [-0.4, -0.2) is 49.2 Å². The van der Waals surface area contributed by atoms with E-state index in [4.69, 9.17) is 14.5 Å². The average Bonchev–Trinajstić information content (AvgIpc) is 3.32. The predicted octanol–water partition coefficient (Wildman–Crippen LogP) is 5.00. The number of methoxy groups -OCH3 is 1. The summed E-state index contributed by atoms with van der Waals surface area (Å²) in [5.74, 6) is 1.79. The smallest absolute Gasteiger partial charge is 0.162 e. The fourth-order valence-corrected chi connectivity index (χ4v) is 4.00. The minimum absolute atomic E-state index is 0.539.